The van der Waals surface area contributed by atoms with Crippen molar-refractivity contribution < 1.29 is 9.53 Å². The van der Waals surface area contributed by atoms with Gasteiger partial charge in [0.15, 0.2) is 5.65 Å². The van der Waals surface area contributed by atoms with Crippen LogP contribution in [0.1, 0.15) is 47.9 Å². The van der Waals surface area contributed by atoms with E-state index in [1.807, 2.05) is 31.4 Å². The Hall–Kier alpha value is -3.27. The smallest absolute Gasteiger partial charge is 0.263 e. The molecule has 33 heavy (non-hydrogen) atoms. The number of piperidine rings is 2. The Kier molecular flexibility index (Phi) is 5.84. The molecule has 2 N–H and O–H groups in total. The second-order valence-electron chi connectivity index (χ2n) is 8.76. The Morgan fingerprint density at radius 2 is 2.12 bits per heavy atom. The van der Waals surface area contributed by atoms with Crippen LogP contribution in [-0.2, 0) is 0 Å². The predicted molar refractivity (Wildman–Crippen MR) is 125 cm³/mol. The molecule has 5 rings (SSSR count). The number of anilines is 2. The molecule has 1 amide bonds. The van der Waals surface area contributed by atoms with Gasteiger partial charge in [0, 0.05) is 25.0 Å². The number of ether oxygens (including phenoxy) is 1. The molecule has 2 fully saturated rings. The maximum atomic E-state index is 13.1. The molecule has 174 valence electrons. The second-order valence-corrected chi connectivity index (χ2v) is 8.76. The van der Waals surface area contributed by atoms with Crippen molar-refractivity contribution in [2.24, 2.45) is 5.92 Å². The number of carbonyl (C=O) groups excluding carboxylic acids is 1. The van der Waals surface area contributed by atoms with Gasteiger partial charge in [0.1, 0.15) is 11.4 Å². The van der Waals surface area contributed by atoms with Gasteiger partial charge in [-0.3, -0.25) is 4.79 Å². The van der Waals surface area contributed by atoms with Gasteiger partial charge in [-0.2, -0.15) is 4.98 Å². The molecule has 3 aromatic rings. The van der Waals surface area contributed by atoms with E-state index >= 15 is 0 Å². The van der Waals surface area contributed by atoms with Crippen molar-refractivity contribution in [1.29, 1.82) is 0 Å². The maximum absolute atomic E-state index is 13.1. The van der Waals surface area contributed by atoms with E-state index in [1.165, 1.54) is 6.42 Å². The van der Waals surface area contributed by atoms with Crippen LogP contribution in [0.25, 0.3) is 5.65 Å². The van der Waals surface area contributed by atoms with E-state index in [0.29, 0.717) is 41.8 Å². The number of aromatic nitrogens is 5. The van der Waals surface area contributed by atoms with Crippen LogP contribution < -0.4 is 20.3 Å². The Bertz CT molecular complexity index is 1170. The van der Waals surface area contributed by atoms with Crippen LogP contribution in [0, 0.1) is 19.8 Å². The zero-order valence-electron chi connectivity index (χ0n) is 19.3. The SMILES string of the molecule is CCOc1nc(N2CCCC3CNCCC32)ncc1C(=O)Nc1cn2cc(C)nc2c(C)n1. The van der Waals surface area contributed by atoms with Gasteiger partial charge in [0.05, 0.1) is 24.2 Å². The van der Waals surface area contributed by atoms with Crippen LogP contribution in [-0.4, -0.2) is 62.5 Å². The number of nitrogens with one attached hydrogen (secondary N) is 2. The van der Waals surface area contributed by atoms with Crippen LogP contribution in [0.3, 0.4) is 0 Å². The molecule has 5 heterocycles. The number of hydrogen-bond acceptors (Lipinski definition) is 8. The molecule has 2 saturated heterocycles. The minimum absolute atomic E-state index is 0.292. The Morgan fingerprint density at radius 1 is 1.24 bits per heavy atom. The fraction of sp³-hybridized carbons (Fsp3) is 0.522. The summed E-state index contributed by atoms with van der Waals surface area (Å²) in [6, 6.07) is 0.423. The van der Waals surface area contributed by atoms with Crippen molar-refractivity contribution in [3.05, 3.63) is 35.5 Å². The van der Waals surface area contributed by atoms with Crippen molar-refractivity contribution in [1.82, 2.24) is 29.7 Å². The molecule has 0 saturated carbocycles. The monoisotopic (exact) mass is 450 g/mol. The molecule has 0 bridgehead atoms. The Balaban J connectivity index is 1.41. The standard InChI is InChI=1S/C23H30N8O2/c1-4-33-22-17(21(32)28-19-13-30-12-14(2)26-20(30)15(3)27-19)11-25-23(29-22)31-9-5-6-16-10-24-8-7-18(16)31/h11-13,16,18,24H,4-10H2,1-3H3,(H,28,32). The first-order chi connectivity index (χ1) is 16.0. The highest BCUT2D eigenvalue weighted by Crippen LogP contribution is 2.31. The van der Waals surface area contributed by atoms with Gasteiger partial charge in [-0.25, -0.2) is 15.0 Å². The van der Waals surface area contributed by atoms with Crippen molar-refractivity contribution in [2.45, 2.75) is 46.1 Å². The van der Waals surface area contributed by atoms with Crippen LogP contribution in [0.2, 0.25) is 0 Å². The lowest BCUT2D eigenvalue weighted by Gasteiger charge is -2.44. The third-order valence-corrected chi connectivity index (χ3v) is 6.43. The predicted octanol–water partition coefficient (Wildman–Crippen LogP) is 2.37. The van der Waals surface area contributed by atoms with E-state index in [4.69, 9.17) is 4.74 Å². The van der Waals surface area contributed by atoms with Crippen molar-refractivity contribution in [3.63, 3.8) is 0 Å². The quantitative estimate of drug-likeness (QED) is 0.610. The summed E-state index contributed by atoms with van der Waals surface area (Å²) in [5.41, 5.74) is 2.69. The molecule has 2 aliphatic rings. The number of amides is 1. The molecule has 3 aromatic heterocycles. The number of aryl methyl sites for hydroxylation is 2. The van der Waals surface area contributed by atoms with Gasteiger partial charge in [0.25, 0.3) is 5.91 Å². The molecule has 0 spiro atoms. The summed E-state index contributed by atoms with van der Waals surface area (Å²) in [7, 11) is 0. The summed E-state index contributed by atoms with van der Waals surface area (Å²) in [5.74, 6) is 1.61. The van der Waals surface area contributed by atoms with Gasteiger partial charge >= 0.3 is 0 Å². The van der Waals surface area contributed by atoms with E-state index in [0.717, 1.165) is 49.5 Å². The number of carbonyl (C=O) groups is 1. The van der Waals surface area contributed by atoms with Crippen molar-refractivity contribution >= 4 is 23.3 Å². The molecule has 2 atom stereocenters. The third-order valence-electron chi connectivity index (χ3n) is 6.43. The molecule has 0 aromatic carbocycles. The summed E-state index contributed by atoms with van der Waals surface area (Å²) in [4.78, 5) is 33.6. The minimum Gasteiger partial charge on any atom is -0.477 e. The molecule has 10 nitrogen and oxygen atoms in total. The molecule has 10 heteroatoms. The first kappa shape index (κ1) is 21.6. The minimum atomic E-state index is -0.355. The summed E-state index contributed by atoms with van der Waals surface area (Å²) in [6.07, 6.45) is 8.62. The molecule has 0 radical (unpaired) electrons. The lowest BCUT2D eigenvalue weighted by Crippen LogP contribution is -2.53. The normalized spacial score (nSPS) is 20.5. The first-order valence-electron chi connectivity index (χ1n) is 11.6. The lowest BCUT2D eigenvalue weighted by molar-refractivity contribution is 0.102. The van der Waals surface area contributed by atoms with E-state index < -0.39 is 0 Å². The number of fused-ring (bicyclic) bond motifs is 2. The average molecular weight is 451 g/mol. The van der Waals surface area contributed by atoms with Crippen molar-refractivity contribution in [3.8, 4) is 5.88 Å². The van der Waals surface area contributed by atoms with E-state index in [-0.39, 0.29) is 5.91 Å². The maximum Gasteiger partial charge on any atom is 0.263 e. The summed E-state index contributed by atoms with van der Waals surface area (Å²) < 4.78 is 7.64. The van der Waals surface area contributed by atoms with Crippen molar-refractivity contribution in [2.75, 3.05) is 36.5 Å². The fourth-order valence-electron chi connectivity index (χ4n) is 4.97. The highest BCUT2D eigenvalue weighted by atomic mass is 16.5. The zero-order chi connectivity index (χ0) is 22.9. The second kappa shape index (κ2) is 8.93. The van der Waals surface area contributed by atoms with E-state index in [2.05, 4.69) is 35.5 Å². The number of hydrogen-bond donors (Lipinski definition) is 2. The fourth-order valence-corrected chi connectivity index (χ4v) is 4.97. The summed E-state index contributed by atoms with van der Waals surface area (Å²) in [5, 5.41) is 6.36. The highest BCUT2D eigenvalue weighted by Gasteiger charge is 2.35. The third kappa shape index (κ3) is 4.22. The van der Waals surface area contributed by atoms with Gasteiger partial charge < -0.3 is 24.7 Å². The van der Waals surface area contributed by atoms with Gasteiger partial charge in [-0.05, 0) is 59.0 Å². The average Bonchev–Trinajstić information content (AvgIpc) is 3.19. The van der Waals surface area contributed by atoms with E-state index in [1.54, 1.807) is 12.4 Å². The van der Waals surface area contributed by atoms with Gasteiger partial charge in [0.2, 0.25) is 11.8 Å². The molecular weight excluding hydrogens is 420 g/mol. The highest BCUT2D eigenvalue weighted by molar-refractivity contribution is 6.05. The lowest BCUT2D eigenvalue weighted by atomic mass is 9.85. The number of imidazole rings is 1. The Labute approximate surface area is 192 Å². The van der Waals surface area contributed by atoms with Gasteiger partial charge in [-0.15, -0.1) is 0 Å². The van der Waals surface area contributed by atoms with Crippen LogP contribution in [0.4, 0.5) is 11.8 Å². The molecule has 0 aliphatic carbocycles. The number of nitrogens with zero attached hydrogens (tertiary/aromatic N) is 6. The van der Waals surface area contributed by atoms with Gasteiger partial charge in [-0.1, -0.05) is 0 Å². The van der Waals surface area contributed by atoms with Crippen LogP contribution in [0.5, 0.6) is 5.88 Å². The molecule has 2 unspecified atom stereocenters. The molecule has 2 aliphatic heterocycles. The van der Waals surface area contributed by atoms with Crippen LogP contribution >= 0.6 is 0 Å². The largest absolute Gasteiger partial charge is 0.477 e. The Morgan fingerprint density at radius 3 is 2.97 bits per heavy atom. The van der Waals surface area contributed by atoms with Crippen LogP contribution in [0.15, 0.2) is 18.6 Å². The molecular formula is C23H30N8O2. The first-order valence-corrected chi connectivity index (χ1v) is 11.6. The number of rotatable bonds is 5. The summed E-state index contributed by atoms with van der Waals surface area (Å²) in [6.45, 7) is 9.04. The summed E-state index contributed by atoms with van der Waals surface area (Å²) >= 11 is 0. The zero-order valence-corrected chi connectivity index (χ0v) is 19.3. The topological polar surface area (TPSA) is 110 Å². The van der Waals surface area contributed by atoms with E-state index in [9.17, 15) is 4.79 Å².